The summed E-state index contributed by atoms with van der Waals surface area (Å²) >= 11 is 15.4. The minimum atomic E-state index is 0.286. The maximum Gasteiger partial charge on any atom is 0.245 e. The SMILES string of the molecule is Clc1ccc(Nc2nc3nonc3nc2Nc2ccc(Br)cc2)cc1Cl. The average Bonchev–Trinajstić information content (AvgIpc) is 3.07. The summed E-state index contributed by atoms with van der Waals surface area (Å²) in [6, 6.07) is 12.8. The standard InChI is InChI=1S/C16H9BrCl2N6O/c17-8-1-3-9(4-2-8)20-13-14(23-16-15(22-13)24-26-25-16)21-10-5-6-11(18)12(19)7-10/h1-7H,(H,20,22,24)(H,21,23,25). The Bertz CT molecular complexity index is 1090. The van der Waals surface area contributed by atoms with Gasteiger partial charge in [0.1, 0.15) is 0 Å². The second-order valence-electron chi connectivity index (χ2n) is 5.22. The molecule has 0 amide bonds. The first-order valence-electron chi connectivity index (χ1n) is 7.33. The van der Waals surface area contributed by atoms with Crippen LogP contribution in [0.2, 0.25) is 10.0 Å². The number of aromatic nitrogens is 4. The fraction of sp³-hybridized carbons (Fsp3) is 0. The minimum Gasteiger partial charge on any atom is -0.337 e. The van der Waals surface area contributed by atoms with Gasteiger partial charge in [-0.05, 0) is 52.8 Å². The van der Waals surface area contributed by atoms with Crippen LogP contribution >= 0.6 is 39.1 Å². The van der Waals surface area contributed by atoms with Crippen molar-refractivity contribution in [1.29, 1.82) is 0 Å². The Morgan fingerprint density at radius 1 is 0.769 bits per heavy atom. The van der Waals surface area contributed by atoms with Gasteiger partial charge in [-0.3, -0.25) is 0 Å². The first kappa shape index (κ1) is 17.0. The van der Waals surface area contributed by atoms with Crippen LogP contribution in [0, 0.1) is 0 Å². The number of nitrogens with one attached hydrogen (secondary N) is 2. The number of halogens is 3. The monoisotopic (exact) mass is 450 g/mol. The van der Waals surface area contributed by atoms with Crippen molar-refractivity contribution in [3.05, 3.63) is 57.0 Å². The molecule has 0 atom stereocenters. The van der Waals surface area contributed by atoms with Crippen molar-refractivity contribution in [3.63, 3.8) is 0 Å². The van der Waals surface area contributed by atoms with E-state index in [0.717, 1.165) is 10.2 Å². The lowest BCUT2D eigenvalue weighted by Gasteiger charge is -2.12. The molecule has 0 saturated heterocycles. The number of rotatable bonds is 4. The average molecular weight is 452 g/mol. The molecule has 7 nitrogen and oxygen atoms in total. The lowest BCUT2D eigenvalue weighted by Crippen LogP contribution is -2.03. The minimum absolute atomic E-state index is 0.286. The molecule has 2 N–H and O–H groups in total. The molecular formula is C16H9BrCl2N6O. The van der Waals surface area contributed by atoms with E-state index in [9.17, 15) is 0 Å². The van der Waals surface area contributed by atoms with Crippen molar-refractivity contribution in [2.75, 3.05) is 10.6 Å². The maximum atomic E-state index is 6.08. The van der Waals surface area contributed by atoms with Crippen molar-refractivity contribution in [2.45, 2.75) is 0 Å². The Labute approximate surface area is 165 Å². The van der Waals surface area contributed by atoms with E-state index in [0.29, 0.717) is 33.0 Å². The quantitative estimate of drug-likeness (QED) is 0.419. The van der Waals surface area contributed by atoms with Crippen LogP contribution in [0.15, 0.2) is 51.6 Å². The molecule has 2 aromatic carbocycles. The smallest absolute Gasteiger partial charge is 0.245 e. The number of benzene rings is 2. The summed E-state index contributed by atoms with van der Waals surface area (Å²) in [6.45, 7) is 0. The molecular weight excluding hydrogens is 443 g/mol. The van der Waals surface area contributed by atoms with Crippen LogP contribution in [-0.2, 0) is 0 Å². The molecule has 0 bridgehead atoms. The first-order chi connectivity index (χ1) is 12.6. The molecule has 0 saturated carbocycles. The van der Waals surface area contributed by atoms with E-state index in [4.69, 9.17) is 27.8 Å². The number of fused-ring (bicyclic) bond motifs is 1. The lowest BCUT2D eigenvalue weighted by molar-refractivity contribution is 0.314. The summed E-state index contributed by atoms with van der Waals surface area (Å²) in [6.07, 6.45) is 0. The van der Waals surface area contributed by atoms with Gasteiger partial charge >= 0.3 is 0 Å². The fourth-order valence-corrected chi connectivity index (χ4v) is 2.76. The molecule has 0 spiro atoms. The molecule has 4 rings (SSSR count). The Kier molecular flexibility index (Phi) is 4.62. The van der Waals surface area contributed by atoms with Crippen molar-refractivity contribution in [1.82, 2.24) is 20.3 Å². The molecule has 0 aliphatic carbocycles. The number of hydrogen-bond donors (Lipinski definition) is 2. The second kappa shape index (κ2) is 7.06. The third kappa shape index (κ3) is 3.57. The van der Waals surface area contributed by atoms with Gasteiger partial charge < -0.3 is 10.6 Å². The highest BCUT2D eigenvalue weighted by molar-refractivity contribution is 9.10. The van der Waals surface area contributed by atoms with Crippen molar-refractivity contribution in [2.24, 2.45) is 0 Å². The summed E-state index contributed by atoms with van der Waals surface area (Å²) in [5.74, 6) is 0.899. The Hall–Kier alpha value is -2.42. The van der Waals surface area contributed by atoms with E-state index >= 15 is 0 Å². The Balaban J connectivity index is 1.73. The molecule has 2 aromatic heterocycles. The third-order valence-corrected chi connectivity index (χ3v) is 4.67. The maximum absolute atomic E-state index is 6.08. The van der Waals surface area contributed by atoms with E-state index in [2.05, 4.69) is 46.8 Å². The van der Waals surface area contributed by atoms with Crippen molar-refractivity contribution < 1.29 is 4.63 Å². The summed E-state index contributed by atoms with van der Waals surface area (Å²) in [4.78, 5) is 8.82. The second-order valence-corrected chi connectivity index (χ2v) is 6.95. The van der Waals surface area contributed by atoms with Gasteiger partial charge in [0, 0.05) is 15.8 Å². The topological polar surface area (TPSA) is 88.8 Å². The third-order valence-electron chi connectivity index (χ3n) is 3.40. The van der Waals surface area contributed by atoms with Gasteiger partial charge in [-0.15, -0.1) is 0 Å². The van der Waals surface area contributed by atoms with Gasteiger partial charge in [-0.1, -0.05) is 39.1 Å². The zero-order chi connectivity index (χ0) is 18.1. The first-order valence-corrected chi connectivity index (χ1v) is 8.88. The van der Waals surface area contributed by atoms with Crippen LogP contribution in [0.25, 0.3) is 11.3 Å². The van der Waals surface area contributed by atoms with Crippen LogP contribution in [0.4, 0.5) is 23.0 Å². The van der Waals surface area contributed by atoms with E-state index in [-0.39, 0.29) is 5.65 Å². The molecule has 0 radical (unpaired) electrons. The van der Waals surface area contributed by atoms with Gasteiger partial charge in [0.2, 0.25) is 11.3 Å². The van der Waals surface area contributed by atoms with Crippen LogP contribution in [0.3, 0.4) is 0 Å². The van der Waals surface area contributed by atoms with Gasteiger partial charge in [0.05, 0.1) is 10.0 Å². The Morgan fingerprint density at radius 2 is 1.35 bits per heavy atom. The molecule has 26 heavy (non-hydrogen) atoms. The Morgan fingerprint density at radius 3 is 1.96 bits per heavy atom. The summed E-state index contributed by atoms with van der Waals surface area (Å²) in [7, 11) is 0. The zero-order valence-corrected chi connectivity index (χ0v) is 16.0. The molecule has 0 unspecified atom stereocenters. The fourth-order valence-electron chi connectivity index (χ4n) is 2.19. The lowest BCUT2D eigenvalue weighted by atomic mass is 10.3. The molecule has 0 aliphatic heterocycles. The van der Waals surface area contributed by atoms with Crippen LogP contribution in [-0.4, -0.2) is 20.3 Å². The molecule has 2 heterocycles. The van der Waals surface area contributed by atoms with E-state index in [1.54, 1.807) is 18.2 Å². The zero-order valence-electron chi connectivity index (χ0n) is 12.9. The van der Waals surface area contributed by atoms with Gasteiger partial charge in [0.15, 0.2) is 11.6 Å². The highest BCUT2D eigenvalue weighted by Gasteiger charge is 2.14. The largest absolute Gasteiger partial charge is 0.337 e. The molecule has 10 heteroatoms. The van der Waals surface area contributed by atoms with Gasteiger partial charge in [0.25, 0.3) is 0 Å². The van der Waals surface area contributed by atoms with E-state index in [1.165, 1.54) is 0 Å². The number of hydrogen-bond acceptors (Lipinski definition) is 7. The predicted molar refractivity (Wildman–Crippen MR) is 105 cm³/mol. The van der Waals surface area contributed by atoms with E-state index in [1.807, 2.05) is 24.3 Å². The molecule has 4 aromatic rings. The van der Waals surface area contributed by atoms with Crippen LogP contribution < -0.4 is 10.6 Å². The molecule has 130 valence electrons. The summed E-state index contributed by atoms with van der Waals surface area (Å²) < 4.78 is 5.67. The molecule has 0 fully saturated rings. The van der Waals surface area contributed by atoms with Crippen molar-refractivity contribution >= 4 is 73.4 Å². The highest BCUT2D eigenvalue weighted by atomic mass is 79.9. The molecule has 0 aliphatic rings. The number of nitrogens with zero attached hydrogens (tertiary/aromatic N) is 4. The van der Waals surface area contributed by atoms with Gasteiger partial charge in [-0.25, -0.2) is 14.6 Å². The summed E-state index contributed by atoms with van der Waals surface area (Å²) in [5.41, 5.74) is 2.11. The predicted octanol–water partition coefficient (Wildman–Crippen LogP) is 5.57. The van der Waals surface area contributed by atoms with Gasteiger partial charge in [-0.2, -0.15) is 0 Å². The summed E-state index contributed by atoms with van der Waals surface area (Å²) in [5, 5.41) is 14.7. The van der Waals surface area contributed by atoms with Crippen LogP contribution in [0.1, 0.15) is 0 Å². The van der Waals surface area contributed by atoms with E-state index < -0.39 is 0 Å². The highest BCUT2D eigenvalue weighted by Crippen LogP contribution is 2.30. The van der Waals surface area contributed by atoms with Crippen molar-refractivity contribution in [3.8, 4) is 0 Å². The normalized spacial score (nSPS) is 10.9. The number of anilines is 4. The van der Waals surface area contributed by atoms with Crippen LogP contribution in [0.5, 0.6) is 0 Å².